The Balaban J connectivity index is 1.26. The molecule has 48 heavy (non-hydrogen) atoms. The molecule has 5 aromatic rings. The Labute approximate surface area is 290 Å². The molecule has 0 aliphatic heterocycles. The van der Waals surface area contributed by atoms with Crippen LogP contribution < -0.4 is 11.5 Å². The highest BCUT2D eigenvalue weighted by atomic mass is 14.5. The number of nitrogen functional groups attached to an aromatic ring is 2. The van der Waals surface area contributed by atoms with Crippen LogP contribution in [-0.2, 0) is 38.5 Å². The van der Waals surface area contributed by atoms with Gasteiger partial charge in [-0.25, -0.2) is 0 Å². The Morgan fingerprint density at radius 3 is 1.04 bits per heavy atom. The van der Waals surface area contributed by atoms with Gasteiger partial charge in [-0.05, 0) is 131 Å². The van der Waals surface area contributed by atoms with Crippen LogP contribution in [0, 0.1) is 0 Å². The number of anilines is 2. The molecule has 4 N–H and O–H groups in total. The zero-order chi connectivity index (χ0) is 33.6. The second-order valence-corrected chi connectivity index (χ2v) is 13.8. The summed E-state index contributed by atoms with van der Waals surface area (Å²) in [4.78, 5) is 0. The molecule has 5 aromatic carbocycles. The van der Waals surface area contributed by atoms with Gasteiger partial charge in [0.1, 0.15) is 0 Å². The fourth-order valence-electron chi connectivity index (χ4n) is 6.83. The Morgan fingerprint density at radius 2 is 0.667 bits per heavy atom. The third-order valence-electron chi connectivity index (χ3n) is 9.73. The number of unbranched alkanes of at least 4 members (excludes halogenated alkanes) is 6. The van der Waals surface area contributed by atoms with Crippen LogP contribution >= 0.6 is 0 Å². The van der Waals surface area contributed by atoms with Gasteiger partial charge in [0, 0.05) is 11.4 Å². The number of nitrogens with two attached hydrogens (primary N) is 2. The number of benzene rings is 5. The Hall–Kier alpha value is -4.30. The molecule has 0 heterocycles. The Kier molecular flexibility index (Phi) is 13.3. The first-order valence-electron chi connectivity index (χ1n) is 18.5. The summed E-state index contributed by atoms with van der Waals surface area (Å²) in [6.07, 6.45) is 16.4. The lowest BCUT2D eigenvalue weighted by atomic mass is 9.91. The summed E-state index contributed by atoms with van der Waals surface area (Å²) >= 11 is 0. The van der Waals surface area contributed by atoms with E-state index in [0.29, 0.717) is 0 Å². The van der Waals surface area contributed by atoms with Crippen molar-refractivity contribution in [3.63, 3.8) is 0 Å². The molecule has 0 aliphatic rings. The summed E-state index contributed by atoms with van der Waals surface area (Å²) in [6.45, 7) is 4.57. The lowest BCUT2D eigenvalue weighted by Gasteiger charge is -2.14. The molecule has 2 nitrogen and oxygen atoms in total. The van der Waals surface area contributed by atoms with Crippen LogP contribution in [0.15, 0.2) is 109 Å². The SMILES string of the molecule is CCCCCCc1cc(Cc2ccc(Cc3ccc(Cc4ccc(N)cc4)c(CCCCCC)c3)cc2)ccc1Cc1ccc(N)cc1. The molecule has 0 amide bonds. The number of hydrogen-bond donors (Lipinski definition) is 2. The van der Waals surface area contributed by atoms with Crippen molar-refractivity contribution in [2.45, 2.75) is 104 Å². The van der Waals surface area contributed by atoms with Crippen LogP contribution in [0.25, 0.3) is 0 Å². The molecule has 2 heteroatoms. The first-order chi connectivity index (χ1) is 23.5. The van der Waals surface area contributed by atoms with Crippen molar-refractivity contribution in [1.82, 2.24) is 0 Å². The summed E-state index contributed by atoms with van der Waals surface area (Å²) in [7, 11) is 0. The topological polar surface area (TPSA) is 52.0 Å². The van der Waals surface area contributed by atoms with Gasteiger partial charge >= 0.3 is 0 Å². The maximum Gasteiger partial charge on any atom is 0.0314 e. The summed E-state index contributed by atoms with van der Waals surface area (Å²) in [6, 6.07) is 40.4. The predicted octanol–water partition coefficient (Wildman–Crippen LogP) is 11.5. The second-order valence-electron chi connectivity index (χ2n) is 13.8. The van der Waals surface area contributed by atoms with Gasteiger partial charge in [-0.2, -0.15) is 0 Å². The minimum absolute atomic E-state index is 0.825. The molecule has 0 spiro atoms. The van der Waals surface area contributed by atoms with Crippen LogP contribution in [-0.4, -0.2) is 0 Å². The van der Waals surface area contributed by atoms with Gasteiger partial charge in [0.2, 0.25) is 0 Å². The van der Waals surface area contributed by atoms with Crippen LogP contribution in [0.1, 0.15) is 121 Å². The van der Waals surface area contributed by atoms with Crippen LogP contribution in [0.2, 0.25) is 0 Å². The van der Waals surface area contributed by atoms with Gasteiger partial charge in [-0.3, -0.25) is 0 Å². The maximum absolute atomic E-state index is 5.94. The molecule has 0 saturated heterocycles. The average Bonchev–Trinajstić information content (AvgIpc) is 3.10. The van der Waals surface area contributed by atoms with Gasteiger partial charge in [-0.1, -0.05) is 137 Å². The fourth-order valence-corrected chi connectivity index (χ4v) is 6.83. The summed E-state index contributed by atoms with van der Waals surface area (Å²) in [5, 5.41) is 0. The number of rotatable bonds is 18. The van der Waals surface area contributed by atoms with Crippen molar-refractivity contribution in [3.8, 4) is 0 Å². The van der Waals surface area contributed by atoms with E-state index in [4.69, 9.17) is 11.5 Å². The zero-order valence-electron chi connectivity index (χ0n) is 29.4. The van der Waals surface area contributed by atoms with Gasteiger partial charge in [0.15, 0.2) is 0 Å². The van der Waals surface area contributed by atoms with E-state index in [1.165, 1.54) is 107 Å². The van der Waals surface area contributed by atoms with E-state index in [9.17, 15) is 0 Å². The molecule has 0 fully saturated rings. The first kappa shape index (κ1) is 35.0. The lowest BCUT2D eigenvalue weighted by Crippen LogP contribution is -2.00. The molecule has 0 unspecified atom stereocenters. The highest BCUT2D eigenvalue weighted by Crippen LogP contribution is 2.24. The molecule has 0 radical (unpaired) electrons. The van der Waals surface area contributed by atoms with E-state index in [1.807, 2.05) is 24.3 Å². The first-order valence-corrected chi connectivity index (χ1v) is 18.5. The summed E-state index contributed by atoms with van der Waals surface area (Å²) in [5.74, 6) is 0. The quantitative estimate of drug-likeness (QED) is 0.0742. The van der Waals surface area contributed by atoms with Crippen molar-refractivity contribution < 1.29 is 0 Å². The monoisotopic (exact) mass is 636 g/mol. The normalized spacial score (nSPS) is 11.2. The lowest BCUT2D eigenvalue weighted by molar-refractivity contribution is 0.665. The molecule has 0 aromatic heterocycles. The molecular formula is C46H56N2. The highest BCUT2D eigenvalue weighted by molar-refractivity contribution is 5.45. The van der Waals surface area contributed by atoms with Crippen molar-refractivity contribution in [2.75, 3.05) is 11.5 Å². The van der Waals surface area contributed by atoms with Gasteiger partial charge < -0.3 is 11.5 Å². The molecule has 0 atom stereocenters. The average molecular weight is 637 g/mol. The fraction of sp³-hybridized carbons (Fsp3) is 0.348. The minimum atomic E-state index is 0.825. The van der Waals surface area contributed by atoms with E-state index in [0.717, 1.165) is 49.9 Å². The molecule has 250 valence electrons. The van der Waals surface area contributed by atoms with Gasteiger partial charge in [0.05, 0.1) is 0 Å². The zero-order valence-corrected chi connectivity index (χ0v) is 29.4. The van der Waals surface area contributed by atoms with E-state index in [1.54, 1.807) is 0 Å². The molecule has 0 aliphatic carbocycles. The summed E-state index contributed by atoms with van der Waals surface area (Å²) < 4.78 is 0. The van der Waals surface area contributed by atoms with Gasteiger partial charge in [0.25, 0.3) is 0 Å². The van der Waals surface area contributed by atoms with Crippen molar-refractivity contribution in [2.24, 2.45) is 0 Å². The third kappa shape index (κ3) is 10.9. The number of aryl methyl sites for hydroxylation is 2. The largest absolute Gasteiger partial charge is 0.399 e. The Morgan fingerprint density at radius 1 is 0.333 bits per heavy atom. The third-order valence-corrected chi connectivity index (χ3v) is 9.73. The van der Waals surface area contributed by atoms with Gasteiger partial charge in [-0.15, -0.1) is 0 Å². The van der Waals surface area contributed by atoms with Crippen molar-refractivity contribution in [1.29, 1.82) is 0 Å². The molecule has 0 bridgehead atoms. The standard InChI is InChI=1S/C46H56N2/c1-3-5-7-9-11-41-33-39(17-23-43(41)31-37-19-25-45(47)26-20-37)29-35-13-15-36(16-14-35)30-40-18-24-44(32-38-21-27-46(48)28-22-38)42(34-40)12-10-8-6-4-2/h13-28,33-34H,3-12,29-32,47-48H2,1-2H3. The highest BCUT2D eigenvalue weighted by Gasteiger charge is 2.10. The Bertz CT molecular complexity index is 1550. The van der Waals surface area contributed by atoms with Crippen LogP contribution in [0.3, 0.4) is 0 Å². The predicted molar refractivity (Wildman–Crippen MR) is 208 cm³/mol. The van der Waals surface area contributed by atoms with E-state index in [-0.39, 0.29) is 0 Å². The van der Waals surface area contributed by atoms with Crippen molar-refractivity contribution in [3.05, 3.63) is 165 Å². The summed E-state index contributed by atoms with van der Waals surface area (Å²) in [5.41, 5.74) is 27.6. The molecule has 5 rings (SSSR count). The number of hydrogen-bond acceptors (Lipinski definition) is 2. The van der Waals surface area contributed by atoms with E-state index in [2.05, 4.69) is 98.8 Å². The second kappa shape index (κ2) is 18.3. The van der Waals surface area contributed by atoms with E-state index < -0.39 is 0 Å². The maximum atomic E-state index is 5.94. The van der Waals surface area contributed by atoms with Crippen LogP contribution in [0.4, 0.5) is 11.4 Å². The molecular weight excluding hydrogens is 581 g/mol. The minimum Gasteiger partial charge on any atom is -0.399 e. The molecule has 0 saturated carbocycles. The van der Waals surface area contributed by atoms with Crippen LogP contribution in [0.5, 0.6) is 0 Å². The smallest absolute Gasteiger partial charge is 0.0314 e. The van der Waals surface area contributed by atoms with Crippen molar-refractivity contribution >= 4 is 11.4 Å². The van der Waals surface area contributed by atoms with E-state index >= 15 is 0 Å².